The minimum Gasteiger partial charge on any atom is -0.481 e. The average molecular weight is 199 g/mol. The summed E-state index contributed by atoms with van der Waals surface area (Å²) in [6, 6.07) is 0.466. The van der Waals surface area contributed by atoms with Crippen LogP contribution in [0.25, 0.3) is 0 Å². The molecule has 82 valence electrons. The summed E-state index contributed by atoms with van der Waals surface area (Å²) in [5, 5.41) is 8.67. The molecule has 3 nitrogen and oxygen atoms in total. The van der Waals surface area contributed by atoms with Gasteiger partial charge in [-0.2, -0.15) is 0 Å². The van der Waals surface area contributed by atoms with Crippen LogP contribution in [0.1, 0.15) is 39.5 Å². The Morgan fingerprint density at radius 1 is 1.36 bits per heavy atom. The van der Waals surface area contributed by atoms with Crippen molar-refractivity contribution in [2.24, 2.45) is 5.92 Å². The van der Waals surface area contributed by atoms with Gasteiger partial charge in [-0.3, -0.25) is 4.79 Å². The van der Waals surface area contributed by atoms with E-state index in [1.807, 2.05) is 0 Å². The smallest absolute Gasteiger partial charge is 0.303 e. The number of hydrogen-bond donors (Lipinski definition) is 1. The van der Waals surface area contributed by atoms with E-state index in [9.17, 15) is 4.79 Å². The third-order valence-electron chi connectivity index (χ3n) is 3.03. The van der Waals surface area contributed by atoms with Gasteiger partial charge in [-0.15, -0.1) is 0 Å². The first-order chi connectivity index (χ1) is 6.61. The lowest BCUT2D eigenvalue weighted by molar-refractivity contribution is -0.137. The maximum atomic E-state index is 10.5. The van der Waals surface area contributed by atoms with E-state index in [1.54, 1.807) is 0 Å². The van der Waals surface area contributed by atoms with Crippen LogP contribution in [0, 0.1) is 5.92 Å². The highest BCUT2D eigenvalue weighted by Gasteiger charge is 2.24. The molecule has 14 heavy (non-hydrogen) atoms. The van der Waals surface area contributed by atoms with Crippen LogP contribution in [-0.4, -0.2) is 35.1 Å². The molecule has 1 atom stereocenters. The summed E-state index contributed by atoms with van der Waals surface area (Å²) in [7, 11) is 0. The zero-order valence-corrected chi connectivity index (χ0v) is 9.20. The Labute approximate surface area is 86.1 Å². The highest BCUT2D eigenvalue weighted by atomic mass is 16.4. The van der Waals surface area contributed by atoms with Crippen molar-refractivity contribution in [2.75, 3.05) is 13.1 Å². The Hall–Kier alpha value is -0.570. The Kier molecular flexibility index (Phi) is 4.39. The summed E-state index contributed by atoms with van der Waals surface area (Å²) in [5.74, 6) is -0.109. The molecule has 3 heteroatoms. The van der Waals surface area contributed by atoms with Crippen LogP contribution in [0.5, 0.6) is 0 Å². The summed E-state index contributed by atoms with van der Waals surface area (Å²) >= 11 is 0. The molecular weight excluding hydrogens is 178 g/mol. The van der Waals surface area contributed by atoms with Gasteiger partial charge in [-0.1, -0.05) is 13.8 Å². The fourth-order valence-electron chi connectivity index (χ4n) is 2.28. The topological polar surface area (TPSA) is 40.5 Å². The monoisotopic (exact) mass is 199 g/mol. The summed E-state index contributed by atoms with van der Waals surface area (Å²) in [6.07, 6.45) is 3.65. The number of carboxylic acid groups (broad SMARTS) is 1. The SMILES string of the molecule is CC(C)C(CCC(=O)O)N1CCCC1. The maximum absolute atomic E-state index is 10.5. The highest BCUT2D eigenvalue weighted by molar-refractivity contribution is 5.66. The molecule has 0 saturated carbocycles. The normalized spacial score (nSPS) is 20.2. The average Bonchev–Trinajstić information content (AvgIpc) is 2.56. The summed E-state index contributed by atoms with van der Waals surface area (Å²) in [5.41, 5.74) is 0. The number of hydrogen-bond acceptors (Lipinski definition) is 2. The number of likely N-dealkylation sites (tertiary alicyclic amines) is 1. The Morgan fingerprint density at radius 3 is 2.36 bits per heavy atom. The molecule has 0 radical (unpaired) electrons. The molecule has 1 rings (SSSR count). The maximum Gasteiger partial charge on any atom is 0.303 e. The lowest BCUT2D eigenvalue weighted by Crippen LogP contribution is -2.37. The van der Waals surface area contributed by atoms with Crippen molar-refractivity contribution in [1.29, 1.82) is 0 Å². The van der Waals surface area contributed by atoms with E-state index in [4.69, 9.17) is 5.11 Å². The van der Waals surface area contributed by atoms with Crippen LogP contribution in [-0.2, 0) is 4.79 Å². The zero-order chi connectivity index (χ0) is 10.6. The predicted molar refractivity (Wildman–Crippen MR) is 56.3 cm³/mol. The lowest BCUT2D eigenvalue weighted by atomic mass is 9.98. The first-order valence-electron chi connectivity index (χ1n) is 5.57. The van der Waals surface area contributed by atoms with Crippen LogP contribution in [0.2, 0.25) is 0 Å². The van der Waals surface area contributed by atoms with Crippen LogP contribution in [0.3, 0.4) is 0 Å². The predicted octanol–water partition coefficient (Wildman–Crippen LogP) is 1.97. The standard InChI is InChI=1S/C11H21NO2/c1-9(2)10(5-6-11(13)14)12-7-3-4-8-12/h9-10H,3-8H2,1-2H3,(H,13,14). The molecular formula is C11H21NO2. The fraction of sp³-hybridized carbons (Fsp3) is 0.909. The highest BCUT2D eigenvalue weighted by Crippen LogP contribution is 2.21. The Bertz CT molecular complexity index is 186. The van der Waals surface area contributed by atoms with Crippen molar-refractivity contribution in [3.63, 3.8) is 0 Å². The molecule has 0 aromatic heterocycles. The summed E-state index contributed by atoms with van der Waals surface area (Å²) in [4.78, 5) is 13.0. The zero-order valence-electron chi connectivity index (χ0n) is 9.20. The molecule has 1 heterocycles. The number of nitrogens with zero attached hydrogens (tertiary/aromatic N) is 1. The second kappa shape index (κ2) is 5.35. The van der Waals surface area contributed by atoms with Gasteiger partial charge in [0, 0.05) is 12.5 Å². The van der Waals surface area contributed by atoms with Gasteiger partial charge in [0.1, 0.15) is 0 Å². The van der Waals surface area contributed by atoms with E-state index in [-0.39, 0.29) is 0 Å². The van der Waals surface area contributed by atoms with Crippen molar-refractivity contribution in [3.05, 3.63) is 0 Å². The third kappa shape index (κ3) is 3.29. The second-order valence-electron chi connectivity index (χ2n) is 4.49. The van der Waals surface area contributed by atoms with Crippen molar-refractivity contribution < 1.29 is 9.90 Å². The van der Waals surface area contributed by atoms with Gasteiger partial charge < -0.3 is 10.0 Å². The molecule has 1 saturated heterocycles. The van der Waals surface area contributed by atoms with Crippen LogP contribution in [0.4, 0.5) is 0 Å². The molecule has 1 aliphatic heterocycles. The van der Waals surface area contributed by atoms with Gasteiger partial charge in [-0.05, 0) is 38.3 Å². The van der Waals surface area contributed by atoms with Gasteiger partial charge in [-0.25, -0.2) is 0 Å². The largest absolute Gasteiger partial charge is 0.481 e. The number of rotatable bonds is 5. The molecule has 0 aromatic rings. The first kappa shape index (κ1) is 11.5. The van der Waals surface area contributed by atoms with Crippen LogP contribution in [0.15, 0.2) is 0 Å². The summed E-state index contributed by atoms with van der Waals surface area (Å²) < 4.78 is 0. The number of carboxylic acids is 1. The Balaban J connectivity index is 2.41. The molecule has 0 bridgehead atoms. The van der Waals surface area contributed by atoms with Gasteiger partial charge in [0.25, 0.3) is 0 Å². The van der Waals surface area contributed by atoms with E-state index in [0.29, 0.717) is 18.4 Å². The molecule has 1 unspecified atom stereocenters. The molecule has 0 aliphatic carbocycles. The van der Waals surface area contributed by atoms with Crippen molar-refractivity contribution >= 4 is 5.97 Å². The van der Waals surface area contributed by atoms with Gasteiger partial charge in [0.2, 0.25) is 0 Å². The molecule has 1 aliphatic rings. The second-order valence-corrected chi connectivity index (χ2v) is 4.49. The van der Waals surface area contributed by atoms with Gasteiger partial charge in [0.05, 0.1) is 0 Å². The lowest BCUT2D eigenvalue weighted by Gasteiger charge is -2.30. The molecule has 1 fully saturated rings. The minimum absolute atomic E-state index is 0.305. The van der Waals surface area contributed by atoms with E-state index < -0.39 is 5.97 Å². The van der Waals surface area contributed by atoms with Crippen molar-refractivity contribution in [3.8, 4) is 0 Å². The van der Waals surface area contributed by atoms with Gasteiger partial charge in [0.15, 0.2) is 0 Å². The first-order valence-corrected chi connectivity index (χ1v) is 5.57. The number of aliphatic carboxylic acids is 1. The third-order valence-corrected chi connectivity index (χ3v) is 3.03. The Morgan fingerprint density at radius 2 is 1.93 bits per heavy atom. The van der Waals surface area contributed by atoms with E-state index in [1.165, 1.54) is 12.8 Å². The fourth-order valence-corrected chi connectivity index (χ4v) is 2.28. The van der Waals surface area contributed by atoms with E-state index in [2.05, 4.69) is 18.7 Å². The van der Waals surface area contributed by atoms with Crippen molar-refractivity contribution in [1.82, 2.24) is 4.90 Å². The summed E-state index contributed by atoms with van der Waals surface area (Å²) in [6.45, 7) is 6.68. The molecule has 0 spiro atoms. The van der Waals surface area contributed by atoms with E-state index >= 15 is 0 Å². The van der Waals surface area contributed by atoms with Crippen LogP contribution < -0.4 is 0 Å². The number of carbonyl (C=O) groups is 1. The van der Waals surface area contributed by atoms with Crippen molar-refractivity contribution in [2.45, 2.75) is 45.6 Å². The minimum atomic E-state index is -0.671. The molecule has 0 aromatic carbocycles. The molecule has 0 amide bonds. The molecule has 1 N–H and O–H groups in total. The quantitative estimate of drug-likeness (QED) is 0.736. The van der Waals surface area contributed by atoms with Crippen LogP contribution >= 0.6 is 0 Å². The van der Waals surface area contributed by atoms with Gasteiger partial charge >= 0.3 is 5.97 Å². The van der Waals surface area contributed by atoms with E-state index in [0.717, 1.165) is 19.5 Å².